The molecule has 0 heterocycles. The third-order valence-electron chi connectivity index (χ3n) is 2.40. The average Bonchev–Trinajstić information content (AvgIpc) is 2.28. The van der Waals surface area contributed by atoms with Crippen LogP contribution in [0, 0.1) is 0 Å². The van der Waals surface area contributed by atoms with Crippen LogP contribution in [0.15, 0.2) is 22.7 Å². The molecule has 0 spiro atoms. The molecule has 1 aromatic rings. The van der Waals surface area contributed by atoms with Crippen molar-refractivity contribution in [3.8, 4) is 0 Å². The summed E-state index contributed by atoms with van der Waals surface area (Å²) in [7, 11) is 0. The molecule has 0 aromatic heterocycles. The van der Waals surface area contributed by atoms with Gasteiger partial charge in [-0.2, -0.15) is 11.8 Å². The molecule has 0 aliphatic rings. The van der Waals surface area contributed by atoms with E-state index >= 15 is 0 Å². The fourth-order valence-corrected chi connectivity index (χ4v) is 3.14. The van der Waals surface area contributed by atoms with Crippen LogP contribution in [0.4, 0.5) is 0 Å². The topological polar surface area (TPSA) is 29.1 Å². The van der Waals surface area contributed by atoms with Crippen LogP contribution < -0.4 is 5.32 Å². The molecule has 2 nitrogen and oxygen atoms in total. The highest BCUT2D eigenvalue weighted by molar-refractivity contribution is 9.10. The van der Waals surface area contributed by atoms with Crippen LogP contribution in [0.3, 0.4) is 0 Å². The molecule has 5 heteroatoms. The minimum Gasteiger partial charge on any atom is -0.350 e. The summed E-state index contributed by atoms with van der Waals surface area (Å²) in [6, 6.07) is 5.39. The first-order valence-electron chi connectivity index (χ1n) is 5.87. The van der Waals surface area contributed by atoms with Gasteiger partial charge in [0.2, 0.25) is 0 Å². The van der Waals surface area contributed by atoms with Crippen LogP contribution in [0.5, 0.6) is 0 Å². The van der Waals surface area contributed by atoms with Gasteiger partial charge in [0.1, 0.15) is 0 Å². The highest BCUT2D eigenvalue weighted by atomic mass is 79.9. The zero-order valence-electron chi connectivity index (χ0n) is 10.5. The van der Waals surface area contributed by atoms with Gasteiger partial charge < -0.3 is 5.32 Å². The summed E-state index contributed by atoms with van der Waals surface area (Å²) >= 11 is 11.1. The molecule has 0 fully saturated rings. The zero-order chi connectivity index (χ0) is 13.5. The van der Waals surface area contributed by atoms with Crippen molar-refractivity contribution < 1.29 is 4.79 Å². The molecule has 1 amide bonds. The van der Waals surface area contributed by atoms with Gasteiger partial charge in [-0.3, -0.25) is 4.79 Å². The summed E-state index contributed by atoms with van der Waals surface area (Å²) in [5.74, 6) is 2.10. The molecule has 1 rings (SSSR count). The maximum absolute atomic E-state index is 12.0. The fourth-order valence-electron chi connectivity index (χ4n) is 1.47. The summed E-state index contributed by atoms with van der Waals surface area (Å²) in [5, 5.41) is 3.54. The maximum Gasteiger partial charge on any atom is 0.251 e. The standard InChI is InChI=1S/C13H17BrClNOS/c1-3-18-5-4-9(2)16-13(17)10-6-11(14)8-12(15)7-10/h6-9H,3-5H2,1-2H3,(H,16,17). The lowest BCUT2D eigenvalue weighted by Gasteiger charge is -2.13. The molecule has 100 valence electrons. The van der Waals surface area contributed by atoms with E-state index in [2.05, 4.69) is 28.2 Å². The van der Waals surface area contributed by atoms with Crippen molar-refractivity contribution in [2.45, 2.75) is 26.3 Å². The van der Waals surface area contributed by atoms with Crippen LogP contribution in [0.1, 0.15) is 30.6 Å². The van der Waals surface area contributed by atoms with Gasteiger partial charge in [-0.15, -0.1) is 0 Å². The Bertz CT molecular complexity index is 394. The lowest BCUT2D eigenvalue weighted by atomic mass is 10.2. The number of rotatable bonds is 6. The molecule has 0 aliphatic heterocycles. The van der Waals surface area contributed by atoms with Gasteiger partial charge in [0.15, 0.2) is 0 Å². The van der Waals surface area contributed by atoms with Gasteiger partial charge >= 0.3 is 0 Å². The molecular weight excluding hydrogens is 334 g/mol. The van der Waals surface area contributed by atoms with E-state index in [-0.39, 0.29) is 11.9 Å². The number of nitrogens with one attached hydrogen (secondary N) is 1. The third kappa shape index (κ3) is 5.63. The number of carbonyl (C=O) groups excluding carboxylic acids is 1. The predicted octanol–water partition coefficient (Wildman–Crippen LogP) is 4.36. The summed E-state index contributed by atoms with van der Waals surface area (Å²) in [4.78, 5) is 12.0. The van der Waals surface area contributed by atoms with E-state index in [0.717, 1.165) is 22.4 Å². The number of thioether (sulfide) groups is 1. The molecule has 0 saturated carbocycles. The van der Waals surface area contributed by atoms with E-state index in [1.807, 2.05) is 18.7 Å². The SMILES string of the molecule is CCSCCC(C)NC(=O)c1cc(Cl)cc(Br)c1. The largest absolute Gasteiger partial charge is 0.350 e. The molecule has 1 unspecified atom stereocenters. The van der Waals surface area contributed by atoms with E-state index < -0.39 is 0 Å². The van der Waals surface area contributed by atoms with Crippen molar-refractivity contribution in [1.29, 1.82) is 0 Å². The Kier molecular flexibility index (Phi) is 7.12. The molecule has 1 atom stereocenters. The van der Waals surface area contributed by atoms with E-state index in [0.29, 0.717) is 10.6 Å². The quantitative estimate of drug-likeness (QED) is 0.772. The number of carbonyl (C=O) groups is 1. The van der Waals surface area contributed by atoms with Crippen LogP contribution in [-0.4, -0.2) is 23.5 Å². The van der Waals surface area contributed by atoms with Crippen LogP contribution in [0.2, 0.25) is 5.02 Å². The number of hydrogen-bond acceptors (Lipinski definition) is 2. The second-order valence-electron chi connectivity index (χ2n) is 4.02. The molecule has 0 saturated heterocycles. The molecular formula is C13H17BrClNOS. The second kappa shape index (κ2) is 8.08. The lowest BCUT2D eigenvalue weighted by Crippen LogP contribution is -2.32. The third-order valence-corrected chi connectivity index (χ3v) is 4.01. The Morgan fingerprint density at radius 2 is 2.22 bits per heavy atom. The Morgan fingerprint density at radius 3 is 2.83 bits per heavy atom. The van der Waals surface area contributed by atoms with Crippen molar-refractivity contribution >= 4 is 45.2 Å². The van der Waals surface area contributed by atoms with E-state index in [9.17, 15) is 4.79 Å². The summed E-state index contributed by atoms with van der Waals surface area (Å²) in [6.07, 6.45) is 0.978. The van der Waals surface area contributed by atoms with E-state index in [4.69, 9.17) is 11.6 Å². The fraction of sp³-hybridized carbons (Fsp3) is 0.462. The number of hydrogen-bond donors (Lipinski definition) is 1. The van der Waals surface area contributed by atoms with Gasteiger partial charge in [0.05, 0.1) is 0 Å². The molecule has 1 aromatic carbocycles. The van der Waals surface area contributed by atoms with Crippen molar-refractivity contribution in [3.63, 3.8) is 0 Å². The Balaban J connectivity index is 2.54. The van der Waals surface area contributed by atoms with Gasteiger partial charge in [-0.1, -0.05) is 34.5 Å². The van der Waals surface area contributed by atoms with Gasteiger partial charge in [0.25, 0.3) is 5.91 Å². The Labute approximate surface area is 126 Å². The average molecular weight is 351 g/mol. The van der Waals surface area contributed by atoms with Gasteiger partial charge in [0, 0.05) is 21.1 Å². The molecule has 0 radical (unpaired) electrons. The highest BCUT2D eigenvalue weighted by Gasteiger charge is 2.10. The molecule has 0 aliphatic carbocycles. The number of halogens is 2. The summed E-state index contributed by atoms with van der Waals surface area (Å²) in [5.41, 5.74) is 0.587. The Hall–Kier alpha value is -0.190. The predicted molar refractivity (Wildman–Crippen MR) is 83.7 cm³/mol. The highest BCUT2D eigenvalue weighted by Crippen LogP contribution is 2.19. The maximum atomic E-state index is 12.0. The smallest absolute Gasteiger partial charge is 0.251 e. The number of benzene rings is 1. The van der Waals surface area contributed by atoms with E-state index in [1.165, 1.54) is 0 Å². The normalized spacial score (nSPS) is 12.2. The van der Waals surface area contributed by atoms with Crippen molar-refractivity contribution in [1.82, 2.24) is 5.32 Å². The summed E-state index contributed by atoms with van der Waals surface area (Å²) < 4.78 is 0.814. The first-order valence-corrected chi connectivity index (χ1v) is 8.20. The minimum atomic E-state index is -0.0767. The molecule has 0 bridgehead atoms. The first-order chi connectivity index (χ1) is 8.52. The van der Waals surface area contributed by atoms with Crippen LogP contribution >= 0.6 is 39.3 Å². The first kappa shape index (κ1) is 15.9. The van der Waals surface area contributed by atoms with Crippen LogP contribution in [-0.2, 0) is 0 Å². The van der Waals surface area contributed by atoms with Crippen molar-refractivity contribution in [3.05, 3.63) is 33.3 Å². The Morgan fingerprint density at radius 1 is 1.50 bits per heavy atom. The van der Waals surface area contributed by atoms with Crippen molar-refractivity contribution in [2.24, 2.45) is 0 Å². The van der Waals surface area contributed by atoms with Crippen molar-refractivity contribution in [2.75, 3.05) is 11.5 Å². The monoisotopic (exact) mass is 349 g/mol. The minimum absolute atomic E-state index is 0.0767. The van der Waals surface area contributed by atoms with Gasteiger partial charge in [-0.25, -0.2) is 0 Å². The lowest BCUT2D eigenvalue weighted by molar-refractivity contribution is 0.0939. The molecule has 18 heavy (non-hydrogen) atoms. The number of amides is 1. The molecule has 1 N–H and O–H groups in total. The van der Waals surface area contributed by atoms with Gasteiger partial charge in [-0.05, 0) is 43.0 Å². The second-order valence-corrected chi connectivity index (χ2v) is 6.76. The zero-order valence-corrected chi connectivity index (χ0v) is 13.7. The summed E-state index contributed by atoms with van der Waals surface area (Å²) in [6.45, 7) is 4.16. The van der Waals surface area contributed by atoms with Crippen LogP contribution in [0.25, 0.3) is 0 Å². The van der Waals surface area contributed by atoms with E-state index in [1.54, 1.807) is 18.2 Å².